The zero-order chi connectivity index (χ0) is 21.0. The fourth-order valence-electron chi connectivity index (χ4n) is 2.75. The highest BCUT2D eigenvalue weighted by Gasteiger charge is 2.21. The molecule has 154 valence electrons. The lowest BCUT2D eigenvalue weighted by Gasteiger charge is -2.14. The molecule has 3 rings (SSSR count). The van der Waals surface area contributed by atoms with Crippen molar-refractivity contribution >= 4 is 23.5 Å². The summed E-state index contributed by atoms with van der Waals surface area (Å²) < 4.78 is 3.29. The van der Waals surface area contributed by atoms with Gasteiger partial charge in [-0.25, -0.2) is 14.6 Å². The van der Waals surface area contributed by atoms with E-state index in [4.69, 9.17) is 5.10 Å². The van der Waals surface area contributed by atoms with E-state index in [-0.39, 0.29) is 22.8 Å². The van der Waals surface area contributed by atoms with Gasteiger partial charge in [-0.15, -0.1) is 5.10 Å². The van der Waals surface area contributed by atoms with Crippen molar-refractivity contribution in [1.29, 1.82) is 0 Å². The van der Waals surface area contributed by atoms with E-state index in [0.717, 1.165) is 17.8 Å². The number of carbonyl (C=O) groups is 1. The van der Waals surface area contributed by atoms with Gasteiger partial charge in [-0.1, -0.05) is 57.7 Å². The van der Waals surface area contributed by atoms with E-state index in [1.54, 1.807) is 9.25 Å². The molecule has 1 aromatic carbocycles. The van der Waals surface area contributed by atoms with Crippen molar-refractivity contribution in [2.24, 2.45) is 0 Å². The van der Waals surface area contributed by atoms with Crippen LogP contribution in [0.2, 0.25) is 0 Å². The molecule has 2 heterocycles. The number of nitrogens with zero attached hydrogens (tertiary/aromatic N) is 4. The summed E-state index contributed by atoms with van der Waals surface area (Å²) in [4.78, 5) is 24.4. The van der Waals surface area contributed by atoms with Crippen LogP contribution in [-0.4, -0.2) is 36.2 Å². The van der Waals surface area contributed by atoms with Crippen molar-refractivity contribution in [2.75, 3.05) is 11.1 Å². The lowest BCUT2D eigenvalue weighted by molar-refractivity contribution is -0.113. The maximum atomic E-state index is 12.6. The van der Waals surface area contributed by atoms with Crippen LogP contribution in [0.4, 0.5) is 5.82 Å². The van der Waals surface area contributed by atoms with Crippen molar-refractivity contribution in [3.8, 4) is 5.69 Å². The highest BCUT2D eigenvalue weighted by atomic mass is 32.2. The van der Waals surface area contributed by atoms with Crippen LogP contribution in [0.25, 0.3) is 5.69 Å². The molecule has 0 aliphatic carbocycles. The molecule has 2 N–H and O–H groups in total. The van der Waals surface area contributed by atoms with E-state index in [9.17, 15) is 9.59 Å². The quantitative estimate of drug-likeness (QED) is 0.579. The van der Waals surface area contributed by atoms with Gasteiger partial charge < -0.3 is 5.32 Å². The van der Waals surface area contributed by atoms with Crippen LogP contribution >= 0.6 is 11.8 Å². The minimum Gasteiger partial charge on any atom is -0.310 e. The molecule has 1 amide bonds. The molecule has 0 aliphatic heterocycles. The first-order valence-electron chi connectivity index (χ1n) is 9.53. The molecule has 0 unspecified atom stereocenters. The number of H-pyrrole nitrogens is 1. The molecular formula is C20H26N6O2S. The number of aromatic amines is 1. The van der Waals surface area contributed by atoms with Gasteiger partial charge in [-0.3, -0.25) is 9.36 Å². The number of carbonyl (C=O) groups excluding carboxylic acids is 1. The number of rotatable bonds is 7. The van der Waals surface area contributed by atoms with Crippen LogP contribution in [0.1, 0.15) is 39.8 Å². The molecule has 0 bridgehead atoms. The zero-order valence-electron chi connectivity index (χ0n) is 17.1. The van der Waals surface area contributed by atoms with Crippen LogP contribution < -0.4 is 11.0 Å². The molecule has 0 atom stereocenters. The third-order valence-electron chi connectivity index (χ3n) is 4.25. The normalized spacial score (nSPS) is 11.6. The average Bonchev–Trinajstić information content (AvgIpc) is 3.25. The van der Waals surface area contributed by atoms with Gasteiger partial charge in [-0.2, -0.15) is 5.10 Å². The molecule has 0 radical (unpaired) electrons. The van der Waals surface area contributed by atoms with Crippen molar-refractivity contribution in [3.05, 3.63) is 52.6 Å². The van der Waals surface area contributed by atoms with Gasteiger partial charge in [-0.05, 0) is 18.6 Å². The van der Waals surface area contributed by atoms with E-state index in [1.165, 1.54) is 11.8 Å². The summed E-state index contributed by atoms with van der Waals surface area (Å²) in [6, 6.07) is 11.6. The molecule has 8 nitrogen and oxygen atoms in total. The number of amides is 1. The third-order valence-corrected chi connectivity index (χ3v) is 5.23. The Balaban J connectivity index is 1.78. The second kappa shape index (κ2) is 8.69. The number of para-hydroxylation sites is 1. The SMILES string of the molecule is CCCn1c(SCC(=O)Nc2cc(C(C)(C)C)nn2-c2ccccc2)n[nH]c1=O. The summed E-state index contributed by atoms with van der Waals surface area (Å²) in [6.45, 7) is 8.79. The second-order valence-electron chi connectivity index (χ2n) is 7.71. The molecular weight excluding hydrogens is 388 g/mol. The first-order chi connectivity index (χ1) is 13.8. The molecule has 9 heteroatoms. The summed E-state index contributed by atoms with van der Waals surface area (Å²) in [5.41, 5.74) is 1.34. The zero-order valence-corrected chi connectivity index (χ0v) is 17.9. The number of thioether (sulfide) groups is 1. The predicted octanol–water partition coefficient (Wildman–Crippen LogP) is 3.20. The maximum Gasteiger partial charge on any atom is 0.343 e. The highest BCUT2D eigenvalue weighted by Crippen LogP contribution is 2.26. The Labute approximate surface area is 173 Å². The van der Waals surface area contributed by atoms with E-state index in [2.05, 4.69) is 36.3 Å². The topological polar surface area (TPSA) is 97.6 Å². The molecule has 3 aromatic rings. The molecule has 0 saturated heterocycles. The van der Waals surface area contributed by atoms with Crippen LogP contribution in [0, 0.1) is 0 Å². The first-order valence-corrected chi connectivity index (χ1v) is 10.5. The molecule has 0 spiro atoms. The standard InChI is InChI=1S/C20H26N6O2S/c1-5-11-25-18(28)22-23-19(25)29-13-17(27)21-16-12-15(20(2,3)4)24-26(16)14-9-7-6-8-10-14/h6-10,12H,5,11,13H2,1-4H3,(H,21,27)(H,22,28). The maximum absolute atomic E-state index is 12.6. The summed E-state index contributed by atoms with van der Waals surface area (Å²) in [7, 11) is 0. The van der Waals surface area contributed by atoms with Gasteiger partial charge in [0.05, 0.1) is 17.1 Å². The lowest BCUT2D eigenvalue weighted by atomic mass is 9.92. The summed E-state index contributed by atoms with van der Waals surface area (Å²) in [6.07, 6.45) is 0.811. The number of hydrogen-bond donors (Lipinski definition) is 2. The Hall–Kier alpha value is -2.81. The third kappa shape index (κ3) is 4.97. The van der Waals surface area contributed by atoms with Crippen molar-refractivity contribution in [1.82, 2.24) is 24.5 Å². The second-order valence-corrected chi connectivity index (χ2v) is 8.65. The van der Waals surface area contributed by atoms with E-state index in [1.807, 2.05) is 43.3 Å². The van der Waals surface area contributed by atoms with Crippen LogP contribution in [-0.2, 0) is 16.8 Å². The Morgan fingerprint density at radius 1 is 1.24 bits per heavy atom. The minimum absolute atomic E-state index is 0.138. The van der Waals surface area contributed by atoms with Crippen LogP contribution in [0.3, 0.4) is 0 Å². The van der Waals surface area contributed by atoms with Gasteiger partial charge in [0, 0.05) is 18.0 Å². The number of benzene rings is 1. The fraction of sp³-hybridized carbons (Fsp3) is 0.400. The molecule has 2 aromatic heterocycles. The Morgan fingerprint density at radius 3 is 2.62 bits per heavy atom. The van der Waals surface area contributed by atoms with E-state index < -0.39 is 0 Å². The summed E-state index contributed by atoms with van der Waals surface area (Å²) >= 11 is 1.23. The van der Waals surface area contributed by atoms with Gasteiger partial charge in [0.25, 0.3) is 0 Å². The van der Waals surface area contributed by atoms with Gasteiger partial charge >= 0.3 is 5.69 Å². The summed E-state index contributed by atoms with van der Waals surface area (Å²) in [5.74, 6) is 0.560. The molecule has 0 aliphatic rings. The number of hydrogen-bond acceptors (Lipinski definition) is 5. The summed E-state index contributed by atoms with van der Waals surface area (Å²) in [5, 5.41) is 14.6. The largest absolute Gasteiger partial charge is 0.343 e. The number of aromatic nitrogens is 5. The van der Waals surface area contributed by atoms with Crippen LogP contribution in [0.5, 0.6) is 0 Å². The number of anilines is 1. The Morgan fingerprint density at radius 2 is 1.97 bits per heavy atom. The van der Waals surface area contributed by atoms with Crippen molar-refractivity contribution < 1.29 is 4.79 Å². The molecule has 29 heavy (non-hydrogen) atoms. The monoisotopic (exact) mass is 414 g/mol. The fourth-order valence-corrected chi connectivity index (χ4v) is 3.52. The van der Waals surface area contributed by atoms with Gasteiger partial charge in [0.15, 0.2) is 5.16 Å². The Kier molecular flexibility index (Phi) is 6.26. The first kappa shape index (κ1) is 20.9. The van der Waals surface area contributed by atoms with Crippen molar-refractivity contribution in [2.45, 2.75) is 51.2 Å². The van der Waals surface area contributed by atoms with Gasteiger partial charge in [0.1, 0.15) is 5.82 Å². The van der Waals surface area contributed by atoms with Gasteiger partial charge in [0.2, 0.25) is 5.91 Å². The molecule has 0 fully saturated rings. The smallest absolute Gasteiger partial charge is 0.310 e. The van der Waals surface area contributed by atoms with Crippen molar-refractivity contribution in [3.63, 3.8) is 0 Å². The number of nitrogens with one attached hydrogen (secondary N) is 2. The predicted molar refractivity (Wildman–Crippen MR) is 115 cm³/mol. The minimum atomic E-state index is -0.258. The highest BCUT2D eigenvalue weighted by molar-refractivity contribution is 7.99. The average molecular weight is 415 g/mol. The van der Waals surface area contributed by atoms with E-state index in [0.29, 0.717) is 17.5 Å². The molecule has 0 saturated carbocycles. The van der Waals surface area contributed by atoms with Crippen LogP contribution in [0.15, 0.2) is 46.3 Å². The lowest BCUT2D eigenvalue weighted by Crippen LogP contribution is -2.19. The van der Waals surface area contributed by atoms with E-state index >= 15 is 0 Å². The Bertz CT molecular complexity index is 1030.